The molecule has 0 bridgehead atoms. The lowest BCUT2D eigenvalue weighted by molar-refractivity contribution is -0.146. The number of nitrogens with two attached hydrogens (primary N) is 1. The van der Waals surface area contributed by atoms with Crippen LogP contribution in [0.4, 0.5) is 17.5 Å². The normalized spacial score (nSPS) is 18.4. The van der Waals surface area contributed by atoms with E-state index in [0.29, 0.717) is 245 Å². The minimum Gasteiger partial charge on any atom is -0.480 e. The van der Waals surface area contributed by atoms with E-state index >= 15 is 0 Å². The molecular weight excluding hydrogens is 1760 g/mol. The fraction of sp³-hybridized carbons (Fsp3) is 0.539. The van der Waals surface area contributed by atoms with Crippen LogP contribution in [0.25, 0.3) is 43.6 Å². The highest BCUT2D eigenvalue weighted by Gasteiger charge is 2.45. The molecule has 696 valence electrons. The first-order chi connectivity index (χ1) is 61.3. The van der Waals surface area contributed by atoms with E-state index in [4.69, 9.17) is 29.4 Å². The summed E-state index contributed by atoms with van der Waals surface area (Å²) in [5.41, 5.74) is 10.6. The van der Waals surface area contributed by atoms with E-state index in [1.54, 1.807) is 123 Å². The number of methoxy groups -OCH3 is 1. The van der Waals surface area contributed by atoms with Crippen molar-refractivity contribution in [3.63, 3.8) is 0 Å². The summed E-state index contributed by atoms with van der Waals surface area (Å²) in [7, 11) is -6.81. The molecule has 4 aliphatic carbocycles. The molecule has 3 unspecified atom stereocenters. The average molecular weight is 1880 g/mol. The lowest BCUT2D eigenvalue weighted by atomic mass is 9.92. The number of hydrogen-bond donors (Lipinski definition) is 4. The summed E-state index contributed by atoms with van der Waals surface area (Å²) < 4.78 is 143. The molecule has 8 fully saturated rings. The van der Waals surface area contributed by atoms with Gasteiger partial charge in [-0.3, -0.25) is 42.4 Å². The van der Waals surface area contributed by atoms with Crippen LogP contribution in [0.15, 0.2) is 130 Å². The summed E-state index contributed by atoms with van der Waals surface area (Å²) in [5, 5.41) is 46.9. The number of carboxylic acid groups (broad SMARTS) is 1. The van der Waals surface area contributed by atoms with Crippen LogP contribution in [-0.2, 0) is 103 Å². The number of esters is 1. The number of carbonyl (C=O) groups is 4. The maximum Gasteiger partial charge on any atom is 0.330 e. The quantitative estimate of drug-likeness (QED) is 0.0366. The number of carbonyl (C=O) groups excluding carboxylic acids is 3. The van der Waals surface area contributed by atoms with Crippen molar-refractivity contribution in [2.24, 2.45) is 44.8 Å². The van der Waals surface area contributed by atoms with Crippen LogP contribution >= 0.6 is 12.4 Å². The maximum atomic E-state index is 13.4. The van der Waals surface area contributed by atoms with Gasteiger partial charge < -0.3 is 45.2 Å². The minimum atomic E-state index is -3.41. The average Bonchev–Trinajstić information content (AvgIpc) is 1.62. The van der Waals surface area contributed by atoms with Crippen molar-refractivity contribution in [3.05, 3.63) is 132 Å². The third-order valence-corrected chi connectivity index (χ3v) is 35.3. The molecule has 4 aliphatic heterocycles. The van der Waals surface area contributed by atoms with E-state index in [-0.39, 0.29) is 57.1 Å². The van der Waals surface area contributed by atoms with Gasteiger partial charge in [-0.1, -0.05) is 24.3 Å². The van der Waals surface area contributed by atoms with Gasteiger partial charge in [-0.15, -0.1) is 12.4 Å². The van der Waals surface area contributed by atoms with Crippen LogP contribution in [0.2, 0.25) is 0 Å². The van der Waals surface area contributed by atoms with Gasteiger partial charge in [-0.05, 0) is 232 Å². The Labute approximate surface area is 756 Å². The predicted molar refractivity (Wildman–Crippen MR) is 486 cm³/mol. The summed E-state index contributed by atoms with van der Waals surface area (Å²) in [4.78, 5) is 52.8. The van der Waals surface area contributed by atoms with Gasteiger partial charge in [0.15, 0.2) is 51.0 Å². The number of halogens is 1. The Morgan fingerprint density at radius 3 is 0.884 bits per heavy atom. The number of ether oxygens (including phenoxy) is 5. The number of rotatable bonds is 26. The smallest absolute Gasteiger partial charge is 0.330 e. The highest BCUT2D eigenvalue weighted by molar-refractivity contribution is 7.93. The number of aromatic nitrogens is 14. The number of aliphatic carboxylic acids is 1. The van der Waals surface area contributed by atoms with E-state index < -0.39 is 69.5 Å². The standard InChI is InChI=1S/2C23H29N5O4S.C20H26N2O5S.C19H24N2O5S.C4H7N3.ClH/c2*1-15-3-6-19-18(22(15)33(30,31)17-4-5-17)14-24-28(19)20(13-16-8-11-32-12-9-16)23(29)25-21-7-10-27(2)26-21;1-13-3-6-17-16(19(13)28(24,25)15-4-5-15)12-21-22(17)18(20(23)26-2)11-14-7-9-27-10-8-14;1-12-2-5-16-15(18(12)27(24,25)14-3-4-14)11-20-21(16)17(19(22)23)10-13-6-8-26-9-7-13;1-7-3-2-4(5)6-7;/h2*3,6-7,10,14,16-17,20H,4-5,8-9,11-13H2,1-2H3,(H,25,26,29);3,6,12,14-15,18H,4-5,7-11H2,1-2H3;2,5,11,13-14,17H,3-4,6-10H2,1H3,(H,22,23);2-3H,1H3,(H2,5,6);1H/t20-;;;;;/m0...../s1. The highest BCUT2D eigenvalue weighted by Crippen LogP contribution is 2.45. The molecule has 4 saturated carbocycles. The first kappa shape index (κ1) is 95.1. The van der Waals surface area contributed by atoms with Crippen LogP contribution in [0.3, 0.4) is 0 Å². The minimum absolute atomic E-state index is 0. The van der Waals surface area contributed by atoms with Crippen molar-refractivity contribution in [1.29, 1.82) is 0 Å². The second kappa shape index (κ2) is 40.4. The van der Waals surface area contributed by atoms with E-state index in [1.807, 2.05) is 58.2 Å². The molecule has 4 aromatic carbocycles. The lowest BCUT2D eigenvalue weighted by Crippen LogP contribution is -2.30. The van der Waals surface area contributed by atoms with Gasteiger partial charge in [0.25, 0.3) is 0 Å². The van der Waals surface area contributed by atoms with E-state index in [1.165, 1.54) is 18.0 Å². The molecule has 4 atom stereocenters. The Balaban J connectivity index is 0.000000135. The summed E-state index contributed by atoms with van der Waals surface area (Å²) in [6.45, 7) is 12.7. The number of aryl methyl sites for hydroxylation is 7. The molecule has 11 aromatic rings. The van der Waals surface area contributed by atoms with E-state index in [2.05, 4.69) is 46.3 Å². The molecular formula is C89H116ClN17O18S4. The number of carboxylic acids is 1. The molecule has 19 rings (SSSR count). The van der Waals surface area contributed by atoms with Crippen molar-refractivity contribution < 1.29 is 81.6 Å². The third kappa shape index (κ3) is 21.6. The fourth-order valence-electron chi connectivity index (χ4n) is 17.9. The zero-order valence-corrected chi connectivity index (χ0v) is 78.0. The molecule has 8 aliphatic rings. The number of nitrogens with one attached hydrogen (secondary N) is 2. The second-order valence-corrected chi connectivity index (χ2v) is 43.8. The lowest BCUT2D eigenvalue weighted by Gasteiger charge is -2.26. The summed E-state index contributed by atoms with van der Waals surface area (Å²) in [6, 6.07) is 17.2. The van der Waals surface area contributed by atoms with Gasteiger partial charge in [0, 0.05) is 126 Å². The number of sulfone groups is 4. The van der Waals surface area contributed by atoms with Crippen LogP contribution in [-0.4, -0.2) is 212 Å². The Morgan fingerprint density at radius 2 is 0.651 bits per heavy atom. The Hall–Kier alpha value is -10.0. The van der Waals surface area contributed by atoms with Gasteiger partial charge in [0.1, 0.15) is 30.0 Å². The van der Waals surface area contributed by atoms with E-state index in [9.17, 15) is 58.0 Å². The monoisotopic (exact) mass is 1870 g/mol. The predicted octanol–water partition coefficient (Wildman–Crippen LogP) is 12.0. The van der Waals surface area contributed by atoms with Gasteiger partial charge >= 0.3 is 11.9 Å². The van der Waals surface area contributed by atoms with E-state index in [0.717, 1.165) is 56.9 Å². The number of nitrogen functional groups attached to an aromatic ring is 1. The second-order valence-electron chi connectivity index (χ2n) is 35.1. The SMILES string of the molecule is COC(=O)C(CC1CCOCC1)n1ncc2c(S(=O)(=O)C3CC3)c(C)ccc21.Cc1ccc2c(cnn2C(CC2CCOCC2)C(=O)Nc2ccn(C)n2)c1S(=O)(=O)C1CC1.Cc1ccc2c(cnn2C(CC2CCOCC2)C(=O)O)c1S(=O)(=O)C1CC1.Cc1ccc2c(cnn2[C@@H](CC2CCOCC2)C(=O)Nc2ccn(C)n2)c1S(=O)(=O)C1CC1.Cl.Cn1ccc(N)n1. The van der Waals surface area contributed by atoms with Crippen molar-refractivity contribution >= 4 is 137 Å². The molecule has 7 aromatic heterocycles. The van der Waals surface area contributed by atoms with Crippen LogP contribution in [0, 0.1) is 51.4 Å². The van der Waals surface area contributed by atoms with Crippen LogP contribution in [0.1, 0.15) is 175 Å². The first-order valence-corrected chi connectivity index (χ1v) is 50.3. The molecule has 2 amide bonds. The Bertz CT molecular complexity index is 6140. The van der Waals surface area contributed by atoms with Crippen LogP contribution in [0.5, 0.6) is 0 Å². The van der Waals surface area contributed by atoms with Crippen molar-refractivity contribution in [2.75, 3.05) is 76.3 Å². The molecule has 0 spiro atoms. The topological polar surface area (TPSA) is 446 Å². The number of hydrogen-bond acceptors (Lipinski definition) is 25. The van der Waals surface area contributed by atoms with Crippen LogP contribution < -0.4 is 16.4 Å². The summed E-state index contributed by atoms with van der Waals surface area (Å²) in [5.74, 6) is 1.04. The Morgan fingerprint density at radius 1 is 0.395 bits per heavy atom. The number of benzene rings is 4. The number of fused-ring (bicyclic) bond motifs is 4. The zero-order valence-electron chi connectivity index (χ0n) is 73.9. The van der Waals surface area contributed by atoms with Gasteiger partial charge in [0.05, 0.1) is 94.5 Å². The fourth-order valence-corrected chi connectivity index (χ4v) is 26.2. The molecule has 5 N–H and O–H groups in total. The van der Waals surface area contributed by atoms with Crippen molar-refractivity contribution in [2.45, 2.75) is 221 Å². The number of amides is 2. The highest BCUT2D eigenvalue weighted by atomic mass is 35.5. The molecule has 35 nitrogen and oxygen atoms in total. The first-order valence-electron chi connectivity index (χ1n) is 44.1. The molecule has 129 heavy (non-hydrogen) atoms. The van der Waals surface area contributed by atoms with Gasteiger partial charge in [-0.25, -0.2) is 43.3 Å². The molecule has 40 heteroatoms. The molecule has 0 radical (unpaired) electrons. The van der Waals surface area contributed by atoms with Crippen molar-refractivity contribution in [1.82, 2.24) is 68.5 Å². The maximum absolute atomic E-state index is 13.4. The van der Waals surface area contributed by atoms with Gasteiger partial charge in [-0.2, -0.15) is 35.7 Å². The van der Waals surface area contributed by atoms with Crippen molar-refractivity contribution in [3.8, 4) is 0 Å². The zero-order chi connectivity index (χ0) is 90.7. The van der Waals surface area contributed by atoms with Gasteiger partial charge in [0.2, 0.25) is 11.8 Å². The molecule has 11 heterocycles. The number of nitrogens with zero attached hydrogens (tertiary/aromatic N) is 14. The number of anilines is 3. The molecule has 4 saturated heterocycles. The summed E-state index contributed by atoms with van der Waals surface area (Å²) >= 11 is 0. The summed E-state index contributed by atoms with van der Waals surface area (Å²) in [6.07, 6.45) is 26.5. The largest absolute Gasteiger partial charge is 0.480 e. The Kier molecular flexibility index (Phi) is 29.8. The third-order valence-electron chi connectivity index (χ3n) is 25.5.